The minimum atomic E-state index is 0.736. The molecule has 0 saturated carbocycles. The topological polar surface area (TPSA) is 21.6 Å². The molecule has 0 unspecified atom stereocenters. The molecule has 0 spiro atoms. The predicted octanol–water partition coefficient (Wildman–Crippen LogP) is 0.868. The molecule has 46 valence electrons. The van der Waals surface area contributed by atoms with E-state index in [4.69, 9.17) is 4.74 Å². The first-order valence-electron chi connectivity index (χ1n) is 2.94. The number of hydrogen-bond acceptors (Lipinski definition) is 2. The van der Waals surface area contributed by atoms with E-state index in [0.29, 0.717) is 0 Å². The molecule has 0 atom stereocenters. The summed E-state index contributed by atoms with van der Waals surface area (Å²) in [6, 6.07) is 0. The first-order chi connectivity index (χ1) is 3.93. The highest BCUT2D eigenvalue weighted by Crippen LogP contribution is 2.02. The largest absolute Gasteiger partial charge is 0.379 e. The van der Waals surface area contributed by atoms with E-state index in [9.17, 15) is 0 Å². The van der Waals surface area contributed by atoms with Crippen LogP contribution >= 0.6 is 0 Å². The van der Waals surface area contributed by atoms with Crippen molar-refractivity contribution in [2.24, 2.45) is 4.99 Å². The van der Waals surface area contributed by atoms with Gasteiger partial charge < -0.3 is 4.74 Å². The Morgan fingerprint density at radius 3 is 3.12 bits per heavy atom. The van der Waals surface area contributed by atoms with Crippen LogP contribution in [0.25, 0.3) is 0 Å². The number of hydrogen-bond donors (Lipinski definition) is 0. The highest BCUT2D eigenvalue weighted by atomic mass is 16.5. The molecular weight excluding hydrogens is 102 g/mol. The molecule has 1 heterocycles. The zero-order valence-electron chi connectivity index (χ0n) is 5.18. The van der Waals surface area contributed by atoms with Gasteiger partial charge in [0.2, 0.25) is 0 Å². The van der Waals surface area contributed by atoms with Crippen molar-refractivity contribution in [3.63, 3.8) is 0 Å². The summed E-state index contributed by atoms with van der Waals surface area (Å²) in [5.41, 5.74) is 1.23. The predicted molar refractivity (Wildman–Crippen MR) is 33.4 cm³/mol. The third kappa shape index (κ3) is 1.30. The summed E-state index contributed by atoms with van der Waals surface area (Å²) in [7, 11) is 1.71. The van der Waals surface area contributed by atoms with Crippen LogP contribution in [0, 0.1) is 0 Å². The van der Waals surface area contributed by atoms with Gasteiger partial charge in [-0.05, 0) is 12.8 Å². The van der Waals surface area contributed by atoms with Gasteiger partial charge in [0.25, 0.3) is 0 Å². The van der Waals surface area contributed by atoms with Crippen molar-refractivity contribution in [2.75, 3.05) is 20.3 Å². The minimum Gasteiger partial charge on any atom is -0.379 e. The molecule has 1 aliphatic heterocycles. The smallest absolute Gasteiger partial charge is 0.0840 e. The van der Waals surface area contributed by atoms with Gasteiger partial charge in [-0.3, -0.25) is 4.99 Å². The highest BCUT2D eigenvalue weighted by Gasteiger charge is 2.03. The average molecular weight is 113 g/mol. The van der Waals surface area contributed by atoms with Crippen LogP contribution in [0.15, 0.2) is 4.99 Å². The molecule has 0 radical (unpaired) electrons. The Labute approximate surface area is 49.6 Å². The summed E-state index contributed by atoms with van der Waals surface area (Å²) in [5, 5.41) is 0. The van der Waals surface area contributed by atoms with Gasteiger partial charge in [0.15, 0.2) is 0 Å². The van der Waals surface area contributed by atoms with Gasteiger partial charge in [-0.1, -0.05) is 0 Å². The Hall–Kier alpha value is -0.370. The Morgan fingerprint density at radius 1 is 1.75 bits per heavy atom. The molecule has 0 N–H and O–H groups in total. The fraction of sp³-hybridized carbons (Fsp3) is 0.833. The maximum absolute atomic E-state index is 4.89. The second-order valence-electron chi connectivity index (χ2n) is 1.98. The molecule has 2 heteroatoms. The molecule has 0 saturated heterocycles. The first-order valence-corrected chi connectivity index (χ1v) is 2.94. The molecule has 0 amide bonds. The van der Waals surface area contributed by atoms with E-state index in [2.05, 4.69) is 4.99 Å². The van der Waals surface area contributed by atoms with E-state index in [1.54, 1.807) is 7.11 Å². The zero-order valence-corrected chi connectivity index (χ0v) is 5.18. The normalized spacial score (nSPS) is 18.9. The van der Waals surface area contributed by atoms with Gasteiger partial charge >= 0.3 is 0 Å². The lowest BCUT2D eigenvalue weighted by Crippen LogP contribution is -2.01. The lowest BCUT2D eigenvalue weighted by Gasteiger charge is -1.93. The van der Waals surface area contributed by atoms with Gasteiger partial charge in [-0.25, -0.2) is 0 Å². The van der Waals surface area contributed by atoms with Gasteiger partial charge in [0.05, 0.1) is 6.61 Å². The maximum Gasteiger partial charge on any atom is 0.0840 e. The van der Waals surface area contributed by atoms with E-state index < -0.39 is 0 Å². The summed E-state index contributed by atoms with van der Waals surface area (Å²) in [6.07, 6.45) is 2.37. The number of rotatable bonds is 2. The summed E-state index contributed by atoms with van der Waals surface area (Å²) < 4.78 is 4.89. The van der Waals surface area contributed by atoms with Crippen molar-refractivity contribution in [3.8, 4) is 0 Å². The molecule has 2 nitrogen and oxygen atoms in total. The summed E-state index contributed by atoms with van der Waals surface area (Å²) in [6.45, 7) is 1.75. The molecule has 0 aliphatic carbocycles. The fourth-order valence-electron chi connectivity index (χ4n) is 0.884. The van der Waals surface area contributed by atoms with Crippen molar-refractivity contribution < 1.29 is 4.74 Å². The fourth-order valence-corrected chi connectivity index (χ4v) is 0.884. The molecular formula is C6H11NO. The van der Waals surface area contributed by atoms with E-state index in [0.717, 1.165) is 19.6 Å². The number of methoxy groups -OCH3 is 1. The first kappa shape index (κ1) is 5.76. The van der Waals surface area contributed by atoms with Crippen LogP contribution in [0.2, 0.25) is 0 Å². The quantitative estimate of drug-likeness (QED) is 0.520. The van der Waals surface area contributed by atoms with E-state index in [1.807, 2.05) is 0 Å². The van der Waals surface area contributed by atoms with E-state index in [-0.39, 0.29) is 0 Å². The third-order valence-electron chi connectivity index (χ3n) is 1.27. The standard InChI is InChI=1S/C6H11NO/c1-8-5-6-3-2-4-7-6/h2-5H2,1H3. The van der Waals surface area contributed by atoms with Crippen LogP contribution in [-0.4, -0.2) is 26.0 Å². The Morgan fingerprint density at radius 2 is 2.62 bits per heavy atom. The molecule has 0 aromatic heterocycles. The summed E-state index contributed by atoms with van der Waals surface area (Å²) in [5.74, 6) is 0. The lowest BCUT2D eigenvalue weighted by atomic mass is 10.3. The second-order valence-corrected chi connectivity index (χ2v) is 1.98. The maximum atomic E-state index is 4.89. The van der Waals surface area contributed by atoms with E-state index in [1.165, 1.54) is 12.1 Å². The molecule has 0 bridgehead atoms. The Balaban J connectivity index is 2.23. The molecule has 0 aromatic carbocycles. The Kier molecular flexibility index (Phi) is 2.03. The molecule has 0 aromatic rings. The van der Waals surface area contributed by atoms with Gasteiger partial charge in [0.1, 0.15) is 0 Å². The van der Waals surface area contributed by atoms with Crippen LogP contribution in [0.3, 0.4) is 0 Å². The third-order valence-corrected chi connectivity index (χ3v) is 1.27. The number of nitrogens with zero attached hydrogens (tertiary/aromatic N) is 1. The van der Waals surface area contributed by atoms with Crippen LogP contribution in [0.1, 0.15) is 12.8 Å². The van der Waals surface area contributed by atoms with Crippen molar-refractivity contribution in [2.45, 2.75) is 12.8 Å². The van der Waals surface area contributed by atoms with Gasteiger partial charge in [-0.15, -0.1) is 0 Å². The monoisotopic (exact) mass is 113 g/mol. The Bertz CT molecular complexity index is 98.7. The van der Waals surface area contributed by atoms with Gasteiger partial charge in [-0.2, -0.15) is 0 Å². The van der Waals surface area contributed by atoms with Crippen LogP contribution in [0.5, 0.6) is 0 Å². The molecule has 8 heavy (non-hydrogen) atoms. The summed E-state index contributed by atoms with van der Waals surface area (Å²) in [4.78, 5) is 4.22. The highest BCUT2D eigenvalue weighted by molar-refractivity contribution is 5.86. The second kappa shape index (κ2) is 2.82. The SMILES string of the molecule is COCC1=NCCC1. The summed E-state index contributed by atoms with van der Waals surface area (Å²) >= 11 is 0. The average Bonchev–Trinajstić information content (AvgIpc) is 2.19. The van der Waals surface area contributed by atoms with Crippen LogP contribution in [0.4, 0.5) is 0 Å². The zero-order chi connectivity index (χ0) is 5.82. The van der Waals surface area contributed by atoms with Gasteiger partial charge in [0, 0.05) is 19.4 Å². The van der Waals surface area contributed by atoms with Crippen molar-refractivity contribution in [3.05, 3.63) is 0 Å². The van der Waals surface area contributed by atoms with Crippen LogP contribution in [-0.2, 0) is 4.74 Å². The lowest BCUT2D eigenvalue weighted by molar-refractivity contribution is 0.244. The van der Waals surface area contributed by atoms with Crippen molar-refractivity contribution in [1.29, 1.82) is 0 Å². The van der Waals surface area contributed by atoms with Crippen LogP contribution < -0.4 is 0 Å². The number of aliphatic imine (C=N–C) groups is 1. The van der Waals surface area contributed by atoms with Crippen molar-refractivity contribution >= 4 is 5.71 Å². The molecule has 0 fully saturated rings. The minimum absolute atomic E-state index is 0.736. The van der Waals surface area contributed by atoms with E-state index >= 15 is 0 Å². The molecule has 1 rings (SSSR count). The molecule has 1 aliphatic rings. The number of ether oxygens (including phenoxy) is 1. The van der Waals surface area contributed by atoms with Crippen molar-refractivity contribution in [1.82, 2.24) is 0 Å².